The second kappa shape index (κ2) is 14.6. The molecule has 4 aromatic rings. The number of hydrogen-bond acceptors (Lipinski definition) is 10. The van der Waals surface area contributed by atoms with Crippen molar-refractivity contribution in [3.8, 4) is 22.5 Å². The molecular weight excluding hydrogens is 612 g/mol. The first-order valence-corrected chi connectivity index (χ1v) is 16.0. The number of anilines is 2. The fraction of sp³-hybridized carbons (Fsp3) is 0.412. The first-order chi connectivity index (χ1) is 22.9. The van der Waals surface area contributed by atoms with Gasteiger partial charge in [0.2, 0.25) is 17.8 Å². The largest absolute Gasteiger partial charge is 0.444 e. The summed E-state index contributed by atoms with van der Waals surface area (Å²) in [5, 5.41) is 16.8. The molecule has 48 heavy (non-hydrogen) atoms. The van der Waals surface area contributed by atoms with Crippen molar-refractivity contribution in [2.45, 2.75) is 71.4 Å². The highest BCUT2D eigenvalue weighted by Gasteiger charge is 2.36. The number of nitrogens with two attached hydrogens (primary N) is 2. The molecule has 6 N–H and O–H groups in total. The lowest BCUT2D eigenvalue weighted by Gasteiger charge is -2.36. The number of nitrogens with one attached hydrogen (secondary N) is 2. The summed E-state index contributed by atoms with van der Waals surface area (Å²) in [7, 11) is 0. The molecule has 5 rings (SSSR count). The Morgan fingerprint density at radius 2 is 1.79 bits per heavy atom. The van der Waals surface area contributed by atoms with Gasteiger partial charge in [-0.1, -0.05) is 24.3 Å². The normalized spacial score (nSPS) is 16.9. The Bertz CT molecular complexity index is 1730. The Labute approximate surface area is 279 Å². The van der Waals surface area contributed by atoms with Gasteiger partial charge in [-0.3, -0.25) is 14.5 Å². The summed E-state index contributed by atoms with van der Waals surface area (Å²) in [6.07, 6.45) is 4.09. The minimum Gasteiger partial charge on any atom is -0.444 e. The van der Waals surface area contributed by atoms with Crippen LogP contribution >= 0.6 is 0 Å². The summed E-state index contributed by atoms with van der Waals surface area (Å²) >= 11 is 0. The third-order valence-electron chi connectivity index (χ3n) is 8.44. The van der Waals surface area contributed by atoms with Gasteiger partial charge in [-0.2, -0.15) is 0 Å². The molecule has 0 saturated heterocycles. The Kier molecular flexibility index (Phi) is 10.3. The summed E-state index contributed by atoms with van der Waals surface area (Å²) in [6.45, 7) is 7.78. The Morgan fingerprint density at radius 1 is 1.06 bits per heavy atom. The lowest BCUT2D eigenvalue weighted by molar-refractivity contribution is -0.127. The number of benzene rings is 2. The van der Waals surface area contributed by atoms with Gasteiger partial charge in [-0.25, -0.2) is 19.9 Å². The van der Waals surface area contributed by atoms with Gasteiger partial charge in [-0.15, -0.1) is 5.10 Å². The van der Waals surface area contributed by atoms with Crippen LogP contribution in [-0.4, -0.2) is 66.7 Å². The van der Waals surface area contributed by atoms with Crippen LogP contribution < -0.4 is 21.7 Å². The number of amides is 3. The van der Waals surface area contributed by atoms with Gasteiger partial charge in [0.15, 0.2) is 5.82 Å². The van der Waals surface area contributed by atoms with E-state index in [1.165, 1.54) is 0 Å². The number of aromatic nitrogens is 6. The highest BCUT2D eigenvalue weighted by Crippen LogP contribution is 2.33. The number of carbonyl (C=O) groups excluding carboxylic acids is 3. The third kappa shape index (κ3) is 8.49. The number of tetrazole rings is 1. The minimum absolute atomic E-state index is 0.176. The summed E-state index contributed by atoms with van der Waals surface area (Å²) in [4.78, 5) is 49.8. The number of alkyl carbamates (subject to hydrolysis) is 1. The molecule has 1 saturated carbocycles. The van der Waals surface area contributed by atoms with Crippen molar-refractivity contribution < 1.29 is 19.1 Å². The first-order valence-electron chi connectivity index (χ1n) is 16.0. The minimum atomic E-state index is -0.971. The van der Waals surface area contributed by atoms with Gasteiger partial charge in [0, 0.05) is 41.9 Å². The van der Waals surface area contributed by atoms with Crippen LogP contribution in [0.4, 0.5) is 16.4 Å². The van der Waals surface area contributed by atoms with Crippen LogP contribution in [-0.2, 0) is 20.7 Å². The van der Waals surface area contributed by atoms with E-state index in [0.717, 1.165) is 40.8 Å². The molecule has 2 heterocycles. The number of H-pyrrole nitrogens is 1. The van der Waals surface area contributed by atoms with Gasteiger partial charge >= 0.3 is 6.09 Å². The van der Waals surface area contributed by atoms with Gasteiger partial charge in [0.25, 0.3) is 0 Å². The Balaban J connectivity index is 1.38. The van der Waals surface area contributed by atoms with Crippen LogP contribution in [0.3, 0.4) is 0 Å². The average Bonchev–Trinajstić information content (AvgIpc) is 3.59. The summed E-state index contributed by atoms with van der Waals surface area (Å²) < 4.78 is 5.36. The molecule has 1 aliphatic carbocycles. The summed E-state index contributed by atoms with van der Waals surface area (Å²) in [6, 6.07) is 13.8. The van der Waals surface area contributed by atoms with Crippen molar-refractivity contribution in [3.63, 3.8) is 0 Å². The van der Waals surface area contributed by atoms with Crippen LogP contribution in [0.25, 0.3) is 22.5 Å². The predicted octanol–water partition coefficient (Wildman–Crippen LogP) is 3.98. The van der Waals surface area contributed by atoms with E-state index < -0.39 is 23.6 Å². The van der Waals surface area contributed by atoms with Crippen molar-refractivity contribution in [2.24, 2.45) is 17.6 Å². The van der Waals surface area contributed by atoms with E-state index in [4.69, 9.17) is 16.2 Å². The standard InChI is InChI=1S/C34H42N10O4/c1-20-27(19-37-32(36)39-20)25-7-5-6-22(16-25)17-28(29(35)45)44(26-14-12-23(13-15-26)30-40-42-43-41-30)31(46)24-10-8-21(9-11-24)18-38-33(47)48-34(2,3)4/h5-7,12-16,19,21,24,28H,8-11,17-18H2,1-4H3,(H2,35,45)(H,38,47)(H2,36,37,39)(H,40,41,42,43)/t21-,24-,28-/m0/s1. The number of aryl methyl sites for hydroxylation is 1. The van der Waals surface area contributed by atoms with E-state index in [1.807, 2.05) is 52.0 Å². The zero-order chi connectivity index (χ0) is 34.4. The lowest BCUT2D eigenvalue weighted by Crippen LogP contribution is -2.52. The molecule has 2 aromatic heterocycles. The SMILES string of the molecule is Cc1nc(N)ncc1-c1cccc(C[C@@H](C(N)=O)N(c2ccc(-c3nnn[nH]3)cc2)C(=O)[C@H]2CC[C@H](CNC(=O)OC(C)(C)C)CC2)c1. The van der Waals surface area contributed by atoms with Crippen LogP contribution in [0, 0.1) is 18.8 Å². The highest BCUT2D eigenvalue weighted by molar-refractivity contribution is 6.01. The fourth-order valence-corrected chi connectivity index (χ4v) is 6.05. The van der Waals surface area contributed by atoms with E-state index in [1.54, 1.807) is 35.4 Å². The topological polar surface area (TPSA) is 208 Å². The quantitative estimate of drug-likeness (QED) is 0.193. The predicted molar refractivity (Wildman–Crippen MR) is 180 cm³/mol. The molecule has 1 atom stereocenters. The first kappa shape index (κ1) is 33.9. The van der Waals surface area contributed by atoms with E-state index in [2.05, 4.69) is 35.9 Å². The van der Waals surface area contributed by atoms with Crippen molar-refractivity contribution in [2.75, 3.05) is 17.2 Å². The number of hydrogen-bond donors (Lipinski definition) is 4. The van der Waals surface area contributed by atoms with Gasteiger partial charge in [0.05, 0.1) is 5.69 Å². The Morgan fingerprint density at radius 3 is 2.42 bits per heavy atom. The molecule has 0 radical (unpaired) electrons. The molecule has 3 amide bonds. The van der Waals surface area contributed by atoms with Crippen LogP contribution in [0.15, 0.2) is 54.7 Å². The molecular formula is C34H42N10O4. The molecule has 2 aromatic carbocycles. The molecule has 0 unspecified atom stereocenters. The average molecular weight is 655 g/mol. The van der Waals surface area contributed by atoms with E-state index >= 15 is 0 Å². The lowest BCUT2D eigenvalue weighted by atomic mass is 9.81. The maximum atomic E-state index is 14.4. The molecule has 0 spiro atoms. The fourth-order valence-electron chi connectivity index (χ4n) is 6.05. The molecule has 0 aliphatic heterocycles. The Hall–Kier alpha value is -5.40. The van der Waals surface area contributed by atoms with Crippen molar-refractivity contribution in [1.29, 1.82) is 0 Å². The zero-order valence-electron chi connectivity index (χ0n) is 27.6. The molecule has 252 valence electrons. The molecule has 14 nitrogen and oxygen atoms in total. The van der Waals surface area contributed by atoms with E-state index in [-0.39, 0.29) is 30.1 Å². The number of nitrogens with zero attached hydrogens (tertiary/aromatic N) is 6. The highest BCUT2D eigenvalue weighted by atomic mass is 16.6. The number of aromatic amines is 1. The smallest absolute Gasteiger partial charge is 0.407 e. The van der Waals surface area contributed by atoms with Gasteiger partial charge in [0.1, 0.15) is 11.6 Å². The van der Waals surface area contributed by atoms with Crippen LogP contribution in [0.2, 0.25) is 0 Å². The van der Waals surface area contributed by atoms with Crippen LogP contribution in [0.1, 0.15) is 57.7 Å². The van der Waals surface area contributed by atoms with Gasteiger partial charge in [-0.05, 0) is 105 Å². The molecule has 1 fully saturated rings. The molecule has 0 bridgehead atoms. The third-order valence-corrected chi connectivity index (χ3v) is 8.44. The van der Waals surface area contributed by atoms with E-state index in [0.29, 0.717) is 30.9 Å². The molecule has 1 aliphatic rings. The van der Waals surface area contributed by atoms with Crippen molar-refractivity contribution in [1.82, 2.24) is 35.9 Å². The number of ether oxygens (including phenoxy) is 1. The van der Waals surface area contributed by atoms with Gasteiger partial charge < -0.3 is 21.5 Å². The van der Waals surface area contributed by atoms with Crippen molar-refractivity contribution >= 4 is 29.5 Å². The number of rotatable bonds is 10. The van der Waals surface area contributed by atoms with E-state index in [9.17, 15) is 14.4 Å². The van der Waals surface area contributed by atoms with Crippen molar-refractivity contribution in [3.05, 3.63) is 66.0 Å². The summed E-state index contributed by atoms with van der Waals surface area (Å²) in [5.74, 6) is -0.258. The number of primary amides is 1. The van der Waals surface area contributed by atoms with Crippen LogP contribution in [0.5, 0.6) is 0 Å². The number of nitrogen functional groups attached to an aromatic ring is 1. The second-order valence-corrected chi connectivity index (χ2v) is 13.2. The maximum absolute atomic E-state index is 14.4. The zero-order valence-corrected chi connectivity index (χ0v) is 27.6. The number of carbonyl (C=O) groups is 3. The summed E-state index contributed by atoms with van der Waals surface area (Å²) in [5.41, 5.74) is 15.7. The monoisotopic (exact) mass is 654 g/mol. The second-order valence-electron chi connectivity index (χ2n) is 13.2. The maximum Gasteiger partial charge on any atom is 0.407 e. The molecule has 14 heteroatoms.